The van der Waals surface area contributed by atoms with Gasteiger partial charge < -0.3 is 5.73 Å². The molecule has 2 N–H and O–H groups in total. The van der Waals surface area contributed by atoms with Crippen LogP contribution in [-0.2, 0) is 18.4 Å². The molecule has 2 aromatic rings. The van der Waals surface area contributed by atoms with Crippen LogP contribution in [0.25, 0.3) is 0 Å². The van der Waals surface area contributed by atoms with E-state index in [1.54, 1.807) is 6.07 Å². The van der Waals surface area contributed by atoms with Gasteiger partial charge in [-0.3, -0.25) is 0 Å². The van der Waals surface area contributed by atoms with Gasteiger partial charge in [-0.1, -0.05) is 42.8 Å². The van der Waals surface area contributed by atoms with Gasteiger partial charge in [0, 0.05) is 5.54 Å². The third-order valence-electron chi connectivity index (χ3n) is 4.41. The minimum absolute atomic E-state index is 0.224. The third kappa shape index (κ3) is 2.90. The van der Waals surface area contributed by atoms with Crippen molar-refractivity contribution in [2.45, 2.75) is 37.6 Å². The van der Waals surface area contributed by atoms with Crippen molar-refractivity contribution in [2.24, 2.45) is 5.73 Å². The number of hydrogen-bond donors (Lipinski definition) is 1. The molecule has 1 aliphatic carbocycles. The molecule has 1 aliphatic rings. The fourth-order valence-electron chi connectivity index (χ4n) is 3.32. The summed E-state index contributed by atoms with van der Waals surface area (Å²) in [6.45, 7) is 0. The Balaban J connectivity index is 2.02. The number of halogens is 2. The fraction of sp³-hybridized carbons (Fsp3) is 0.333. The first-order chi connectivity index (χ1) is 10.1. The molecule has 3 heteroatoms. The lowest BCUT2D eigenvalue weighted by Gasteiger charge is -2.31. The topological polar surface area (TPSA) is 26.0 Å². The normalized spacial score (nSPS) is 21.7. The SMILES string of the molecule is NC1(Cc2cccc(F)c2Br)CCCCc2ccccc21. The van der Waals surface area contributed by atoms with Crippen LogP contribution in [0.4, 0.5) is 4.39 Å². The van der Waals surface area contributed by atoms with E-state index in [0.29, 0.717) is 10.9 Å². The summed E-state index contributed by atoms with van der Waals surface area (Å²) in [4.78, 5) is 0. The molecule has 1 unspecified atom stereocenters. The molecule has 0 aromatic heterocycles. The van der Waals surface area contributed by atoms with Crippen LogP contribution in [0.2, 0.25) is 0 Å². The van der Waals surface area contributed by atoms with Crippen LogP contribution in [-0.4, -0.2) is 0 Å². The van der Waals surface area contributed by atoms with Gasteiger partial charge in [0.05, 0.1) is 4.47 Å². The zero-order chi connectivity index (χ0) is 14.9. The molecule has 3 rings (SSSR count). The number of rotatable bonds is 2. The van der Waals surface area contributed by atoms with E-state index in [4.69, 9.17) is 5.73 Å². The van der Waals surface area contributed by atoms with Gasteiger partial charge in [0.25, 0.3) is 0 Å². The molecular weight excluding hydrogens is 329 g/mol. The highest BCUT2D eigenvalue weighted by atomic mass is 79.9. The lowest BCUT2D eigenvalue weighted by molar-refractivity contribution is 0.397. The predicted molar refractivity (Wildman–Crippen MR) is 87.7 cm³/mol. The average molecular weight is 348 g/mol. The van der Waals surface area contributed by atoms with E-state index in [1.807, 2.05) is 12.1 Å². The number of hydrogen-bond acceptors (Lipinski definition) is 1. The van der Waals surface area contributed by atoms with Crippen LogP contribution < -0.4 is 5.73 Å². The number of aryl methyl sites for hydroxylation is 1. The molecule has 1 nitrogen and oxygen atoms in total. The first-order valence-corrected chi connectivity index (χ1v) is 8.20. The second-order valence-corrected chi connectivity index (χ2v) is 6.70. The summed E-state index contributed by atoms with van der Waals surface area (Å²) in [5.41, 5.74) is 9.86. The largest absolute Gasteiger partial charge is 0.321 e. The minimum Gasteiger partial charge on any atom is -0.321 e. The Morgan fingerprint density at radius 1 is 1.10 bits per heavy atom. The molecule has 0 saturated carbocycles. The van der Waals surface area contributed by atoms with E-state index in [0.717, 1.165) is 24.8 Å². The van der Waals surface area contributed by atoms with Crippen molar-refractivity contribution in [2.75, 3.05) is 0 Å². The van der Waals surface area contributed by atoms with Crippen LogP contribution in [0, 0.1) is 5.82 Å². The van der Waals surface area contributed by atoms with Gasteiger partial charge in [0.2, 0.25) is 0 Å². The van der Waals surface area contributed by atoms with Gasteiger partial charge in [-0.25, -0.2) is 4.39 Å². The minimum atomic E-state index is -0.413. The quantitative estimate of drug-likeness (QED) is 0.782. The van der Waals surface area contributed by atoms with Crippen molar-refractivity contribution in [1.29, 1.82) is 0 Å². The van der Waals surface area contributed by atoms with Crippen LogP contribution in [0.5, 0.6) is 0 Å². The van der Waals surface area contributed by atoms with Crippen LogP contribution in [0.15, 0.2) is 46.9 Å². The monoisotopic (exact) mass is 347 g/mol. The van der Waals surface area contributed by atoms with E-state index in [9.17, 15) is 4.39 Å². The van der Waals surface area contributed by atoms with Gasteiger partial charge in [0.15, 0.2) is 0 Å². The Morgan fingerprint density at radius 2 is 1.90 bits per heavy atom. The second kappa shape index (κ2) is 5.90. The Kier molecular flexibility index (Phi) is 4.14. The first kappa shape index (κ1) is 14.7. The zero-order valence-electron chi connectivity index (χ0n) is 11.9. The van der Waals surface area contributed by atoms with Crippen molar-refractivity contribution in [3.63, 3.8) is 0 Å². The molecule has 0 spiro atoms. The third-order valence-corrected chi connectivity index (χ3v) is 5.30. The molecule has 1 atom stereocenters. The highest BCUT2D eigenvalue weighted by molar-refractivity contribution is 9.10. The van der Waals surface area contributed by atoms with Gasteiger partial charge in [0.1, 0.15) is 5.82 Å². The van der Waals surface area contributed by atoms with Crippen molar-refractivity contribution < 1.29 is 4.39 Å². The maximum Gasteiger partial charge on any atom is 0.137 e. The van der Waals surface area contributed by atoms with Gasteiger partial charge in [-0.15, -0.1) is 0 Å². The van der Waals surface area contributed by atoms with Gasteiger partial charge in [-0.05, 0) is 64.4 Å². The van der Waals surface area contributed by atoms with Crippen LogP contribution >= 0.6 is 15.9 Å². The standard InChI is InChI=1S/C18H19BrFN/c19-17-14(8-5-10-16(17)20)12-18(21)11-4-3-7-13-6-1-2-9-15(13)18/h1-2,5-6,8-10H,3-4,7,11-12,21H2. The van der Waals surface area contributed by atoms with Crippen molar-refractivity contribution in [1.82, 2.24) is 0 Å². The summed E-state index contributed by atoms with van der Waals surface area (Å²) in [7, 11) is 0. The highest BCUT2D eigenvalue weighted by Gasteiger charge is 2.32. The molecule has 0 fully saturated rings. The second-order valence-electron chi connectivity index (χ2n) is 5.91. The molecule has 0 heterocycles. The van der Waals surface area contributed by atoms with E-state index in [2.05, 4.69) is 34.1 Å². The van der Waals surface area contributed by atoms with Crippen molar-refractivity contribution in [3.05, 3.63) is 69.4 Å². The molecule has 2 aromatic carbocycles. The summed E-state index contributed by atoms with van der Waals surface area (Å²) >= 11 is 3.36. The number of nitrogens with two attached hydrogens (primary N) is 1. The molecule has 110 valence electrons. The van der Waals surface area contributed by atoms with Crippen LogP contribution in [0.1, 0.15) is 36.0 Å². The molecule has 0 bridgehead atoms. The summed E-state index contributed by atoms with van der Waals surface area (Å²) in [6, 6.07) is 13.6. The molecule has 0 aliphatic heterocycles. The molecule has 0 radical (unpaired) electrons. The smallest absolute Gasteiger partial charge is 0.137 e. The van der Waals surface area contributed by atoms with E-state index in [1.165, 1.54) is 23.6 Å². The maximum absolute atomic E-state index is 13.7. The lowest BCUT2D eigenvalue weighted by atomic mass is 9.80. The Bertz CT molecular complexity index is 655. The Morgan fingerprint density at radius 3 is 2.76 bits per heavy atom. The van der Waals surface area contributed by atoms with E-state index in [-0.39, 0.29) is 5.82 Å². The highest BCUT2D eigenvalue weighted by Crippen LogP contribution is 2.36. The van der Waals surface area contributed by atoms with E-state index >= 15 is 0 Å². The Hall–Kier alpha value is -1.19. The van der Waals surface area contributed by atoms with E-state index < -0.39 is 5.54 Å². The maximum atomic E-state index is 13.7. The summed E-state index contributed by atoms with van der Waals surface area (Å²) in [5.74, 6) is -0.224. The number of benzene rings is 2. The van der Waals surface area contributed by atoms with Crippen molar-refractivity contribution in [3.8, 4) is 0 Å². The lowest BCUT2D eigenvalue weighted by Crippen LogP contribution is -2.39. The number of fused-ring (bicyclic) bond motifs is 1. The summed E-state index contributed by atoms with van der Waals surface area (Å²) in [6.07, 6.45) is 4.95. The molecule has 21 heavy (non-hydrogen) atoms. The Labute approximate surface area is 133 Å². The van der Waals surface area contributed by atoms with Gasteiger partial charge in [-0.2, -0.15) is 0 Å². The molecule has 0 saturated heterocycles. The molecule has 0 amide bonds. The van der Waals surface area contributed by atoms with Crippen LogP contribution in [0.3, 0.4) is 0 Å². The predicted octanol–water partition coefficient (Wildman–Crippen LogP) is 4.71. The molecular formula is C18H19BrFN. The van der Waals surface area contributed by atoms with Gasteiger partial charge >= 0.3 is 0 Å². The zero-order valence-corrected chi connectivity index (χ0v) is 13.5. The van der Waals surface area contributed by atoms with Crippen molar-refractivity contribution >= 4 is 15.9 Å². The summed E-state index contributed by atoms with van der Waals surface area (Å²) < 4.78 is 14.3. The fourth-order valence-corrected chi connectivity index (χ4v) is 3.73. The average Bonchev–Trinajstić information content (AvgIpc) is 2.64. The first-order valence-electron chi connectivity index (χ1n) is 7.40. The summed E-state index contributed by atoms with van der Waals surface area (Å²) in [5, 5.41) is 0.